The van der Waals surface area contributed by atoms with Crippen molar-refractivity contribution in [2.75, 3.05) is 26.2 Å². The molecule has 3 aliphatic heterocycles. The lowest BCUT2D eigenvalue weighted by Crippen LogP contribution is -2.41. The summed E-state index contributed by atoms with van der Waals surface area (Å²) in [6.45, 7) is 13.0. The van der Waals surface area contributed by atoms with Crippen LogP contribution >= 0.6 is 0 Å². The Bertz CT molecular complexity index is 611. The van der Waals surface area contributed by atoms with Crippen LogP contribution in [0.5, 0.6) is 0 Å². The molecule has 26 heavy (non-hydrogen) atoms. The topological polar surface area (TPSA) is 41.6 Å². The molecule has 0 aromatic heterocycles. The Kier molecular flexibility index (Phi) is 4.71. The molecular formula is C22H36N2O2. The van der Waals surface area contributed by atoms with Gasteiger partial charge in [-0.05, 0) is 50.9 Å². The fraction of sp³-hybridized carbons (Fsp3) is 0.864. The van der Waals surface area contributed by atoms with Crippen LogP contribution in [0.2, 0.25) is 0 Å². The summed E-state index contributed by atoms with van der Waals surface area (Å²) in [6.07, 6.45) is 7.93. The molecule has 4 rings (SSSR count). The third kappa shape index (κ3) is 3.13. The number of ether oxygens (including phenoxy) is 1. The summed E-state index contributed by atoms with van der Waals surface area (Å²) in [7, 11) is 0. The van der Waals surface area contributed by atoms with Crippen LogP contribution in [-0.2, 0) is 9.53 Å². The van der Waals surface area contributed by atoms with Crippen molar-refractivity contribution in [1.29, 1.82) is 0 Å². The van der Waals surface area contributed by atoms with E-state index < -0.39 is 0 Å². The number of fused-ring (bicyclic) bond motifs is 1. The van der Waals surface area contributed by atoms with Gasteiger partial charge >= 0.3 is 0 Å². The average molecular weight is 361 g/mol. The minimum Gasteiger partial charge on any atom is -0.370 e. The zero-order valence-electron chi connectivity index (χ0n) is 17.1. The fourth-order valence-electron chi connectivity index (χ4n) is 6.49. The molecule has 0 saturated carbocycles. The number of rotatable bonds is 5. The molecule has 0 aromatic rings. The molecule has 0 radical (unpaired) electrons. The van der Waals surface area contributed by atoms with E-state index in [1.54, 1.807) is 18.1 Å². The summed E-state index contributed by atoms with van der Waals surface area (Å²) in [5.41, 5.74) is 3.80. The summed E-state index contributed by atoms with van der Waals surface area (Å²) in [4.78, 5) is 14.0. The van der Waals surface area contributed by atoms with Crippen molar-refractivity contribution in [3.8, 4) is 0 Å². The Balaban J connectivity index is 1.40. The zero-order valence-corrected chi connectivity index (χ0v) is 17.1. The van der Waals surface area contributed by atoms with Gasteiger partial charge in [0.25, 0.3) is 0 Å². The van der Waals surface area contributed by atoms with Crippen molar-refractivity contribution >= 4 is 5.91 Å². The second kappa shape index (κ2) is 6.63. The normalized spacial score (nSPS) is 38.7. The number of hydrogen-bond acceptors (Lipinski definition) is 3. The quantitative estimate of drug-likeness (QED) is 0.763. The highest BCUT2D eigenvalue weighted by atomic mass is 16.5. The molecule has 4 aliphatic rings. The summed E-state index contributed by atoms with van der Waals surface area (Å²) >= 11 is 0. The monoisotopic (exact) mass is 360 g/mol. The van der Waals surface area contributed by atoms with Gasteiger partial charge in [-0.15, -0.1) is 0 Å². The molecule has 0 aromatic carbocycles. The van der Waals surface area contributed by atoms with Crippen molar-refractivity contribution in [2.45, 2.75) is 77.9 Å². The molecule has 4 atom stereocenters. The highest BCUT2D eigenvalue weighted by molar-refractivity contribution is 5.72. The Morgan fingerprint density at radius 2 is 2.15 bits per heavy atom. The van der Waals surface area contributed by atoms with E-state index in [2.05, 4.69) is 31.0 Å². The van der Waals surface area contributed by atoms with Gasteiger partial charge in [0.15, 0.2) is 0 Å². The largest absolute Gasteiger partial charge is 0.370 e. The van der Waals surface area contributed by atoms with Gasteiger partial charge in [0.05, 0.1) is 11.7 Å². The minimum atomic E-state index is 0.0821. The maximum atomic E-state index is 11.4. The predicted octanol–water partition coefficient (Wildman–Crippen LogP) is 3.52. The Hall–Kier alpha value is -0.870. The van der Waals surface area contributed by atoms with E-state index in [1.807, 2.05) is 0 Å². The van der Waals surface area contributed by atoms with E-state index in [1.165, 1.54) is 38.5 Å². The molecule has 1 amide bonds. The van der Waals surface area contributed by atoms with Gasteiger partial charge in [0.2, 0.25) is 5.91 Å². The molecule has 3 fully saturated rings. The number of likely N-dealkylation sites (tertiary alicyclic amines) is 1. The van der Waals surface area contributed by atoms with Crippen LogP contribution in [0.4, 0.5) is 0 Å². The maximum Gasteiger partial charge on any atom is 0.216 e. The number of allylic oxidation sites excluding steroid dienone is 1. The first-order valence-corrected chi connectivity index (χ1v) is 10.6. The second-order valence-corrected chi connectivity index (χ2v) is 9.95. The molecule has 0 unspecified atom stereocenters. The molecule has 3 saturated heterocycles. The number of hydrogen-bond donors (Lipinski definition) is 1. The molecule has 2 bridgehead atoms. The Labute approximate surface area is 158 Å². The third-order valence-electron chi connectivity index (χ3n) is 7.80. The lowest BCUT2D eigenvalue weighted by atomic mass is 9.71. The van der Waals surface area contributed by atoms with Gasteiger partial charge in [0.1, 0.15) is 0 Å². The smallest absolute Gasteiger partial charge is 0.216 e. The summed E-state index contributed by atoms with van der Waals surface area (Å²) in [5.74, 6) is 1.19. The van der Waals surface area contributed by atoms with E-state index >= 15 is 0 Å². The van der Waals surface area contributed by atoms with Crippen LogP contribution in [0, 0.1) is 17.3 Å². The molecule has 1 aliphatic carbocycles. The van der Waals surface area contributed by atoms with Crippen molar-refractivity contribution < 1.29 is 9.53 Å². The van der Waals surface area contributed by atoms with Crippen LogP contribution in [0.3, 0.4) is 0 Å². The maximum absolute atomic E-state index is 11.4. The molecule has 4 nitrogen and oxygen atoms in total. The first kappa shape index (κ1) is 18.5. The molecule has 3 heterocycles. The molecule has 1 N–H and O–H groups in total. The van der Waals surface area contributed by atoms with Gasteiger partial charge in [0, 0.05) is 44.9 Å². The number of carbonyl (C=O) groups is 1. The summed E-state index contributed by atoms with van der Waals surface area (Å²) in [5, 5.41) is 3.05. The van der Waals surface area contributed by atoms with E-state index in [9.17, 15) is 4.79 Å². The van der Waals surface area contributed by atoms with Crippen molar-refractivity contribution in [1.82, 2.24) is 10.2 Å². The first-order valence-electron chi connectivity index (χ1n) is 10.6. The van der Waals surface area contributed by atoms with Crippen LogP contribution in [0.1, 0.15) is 66.2 Å². The van der Waals surface area contributed by atoms with Gasteiger partial charge in [-0.2, -0.15) is 0 Å². The molecule has 4 heteroatoms. The van der Waals surface area contributed by atoms with Gasteiger partial charge in [-0.1, -0.05) is 25.0 Å². The Morgan fingerprint density at radius 1 is 1.35 bits per heavy atom. The van der Waals surface area contributed by atoms with E-state index in [-0.39, 0.29) is 11.5 Å². The van der Waals surface area contributed by atoms with Crippen LogP contribution in [0.15, 0.2) is 11.1 Å². The zero-order chi connectivity index (χ0) is 18.5. The van der Waals surface area contributed by atoms with E-state index in [4.69, 9.17) is 4.74 Å². The number of nitrogens with zero attached hydrogens (tertiary/aromatic N) is 1. The van der Waals surface area contributed by atoms with E-state index in [0.717, 1.165) is 26.2 Å². The van der Waals surface area contributed by atoms with Crippen molar-refractivity contribution in [3.63, 3.8) is 0 Å². The first-order chi connectivity index (χ1) is 12.3. The summed E-state index contributed by atoms with van der Waals surface area (Å²) in [6, 6.07) is 0. The van der Waals surface area contributed by atoms with Crippen molar-refractivity contribution in [2.24, 2.45) is 17.3 Å². The number of amides is 1. The lowest BCUT2D eigenvalue weighted by Gasteiger charge is -2.35. The molecule has 1 spiro atoms. The minimum absolute atomic E-state index is 0.0821. The highest BCUT2D eigenvalue weighted by Crippen LogP contribution is 2.54. The third-order valence-corrected chi connectivity index (χ3v) is 7.80. The average Bonchev–Trinajstić information content (AvgIpc) is 3.19. The number of carbonyl (C=O) groups excluding carboxylic acids is 1. The van der Waals surface area contributed by atoms with Crippen LogP contribution < -0.4 is 5.32 Å². The van der Waals surface area contributed by atoms with Gasteiger partial charge in [-0.25, -0.2) is 0 Å². The Morgan fingerprint density at radius 3 is 2.88 bits per heavy atom. The molecular weight excluding hydrogens is 324 g/mol. The molecule has 146 valence electrons. The SMILES string of the molecule is CC(=O)NC[C@H]1[C@H]2CN(CCC3=C(C)CCCC3(C)C)C[C@]23CC[C@H]1O3. The summed E-state index contributed by atoms with van der Waals surface area (Å²) < 4.78 is 6.51. The van der Waals surface area contributed by atoms with Gasteiger partial charge in [-0.3, -0.25) is 9.69 Å². The van der Waals surface area contributed by atoms with E-state index in [0.29, 0.717) is 23.4 Å². The van der Waals surface area contributed by atoms with Crippen LogP contribution in [-0.4, -0.2) is 48.7 Å². The highest BCUT2D eigenvalue weighted by Gasteiger charge is 2.62. The van der Waals surface area contributed by atoms with Gasteiger partial charge < -0.3 is 10.1 Å². The van der Waals surface area contributed by atoms with Crippen LogP contribution in [0.25, 0.3) is 0 Å². The lowest BCUT2D eigenvalue weighted by molar-refractivity contribution is -0.119. The van der Waals surface area contributed by atoms with Crippen molar-refractivity contribution in [3.05, 3.63) is 11.1 Å². The predicted molar refractivity (Wildman–Crippen MR) is 104 cm³/mol. The second-order valence-electron chi connectivity index (χ2n) is 9.95. The standard InChI is InChI=1S/C22H36N2O2/c1-15-6-5-9-21(3,4)18(15)8-11-24-13-19-17(12-23-16(2)25)20-7-10-22(19,14-24)26-20/h17,19-20H,5-14H2,1-4H3,(H,23,25)/t17-,19+,20+,22+/m0/s1. The number of nitrogens with one attached hydrogen (secondary N) is 1. The fourth-order valence-corrected chi connectivity index (χ4v) is 6.49.